The number of fused-ring (bicyclic) bond motifs is 1. The van der Waals surface area contributed by atoms with Crippen LogP contribution in [0.1, 0.15) is 24.2 Å². The zero-order valence-electron chi connectivity index (χ0n) is 15.9. The van der Waals surface area contributed by atoms with E-state index in [2.05, 4.69) is 10.2 Å². The SMILES string of the molecule is CCN(CC)c1ccc2cc(C(=O)Nc3cc([N+](=O)[O-])ccc3Cl)c(=N)oc2c1. The molecule has 0 aliphatic carbocycles. The number of anilines is 2. The highest BCUT2D eigenvalue weighted by Crippen LogP contribution is 2.27. The van der Waals surface area contributed by atoms with Crippen molar-refractivity contribution in [2.45, 2.75) is 13.8 Å². The van der Waals surface area contributed by atoms with Crippen LogP contribution in [-0.2, 0) is 0 Å². The smallest absolute Gasteiger partial charge is 0.271 e. The van der Waals surface area contributed by atoms with Crippen LogP contribution in [0.2, 0.25) is 5.02 Å². The topological polar surface area (TPSA) is 112 Å². The molecule has 0 fully saturated rings. The van der Waals surface area contributed by atoms with Gasteiger partial charge in [-0.1, -0.05) is 11.6 Å². The summed E-state index contributed by atoms with van der Waals surface area (Å²) in [6.45, 7) is 5.76. The lowest BCUT2D eigenvalue weighted by Gasteiger charge is -2.21. The lowest BCUT2D eigenvalue weighted by atomic mass is 10.1. The van der Waals surface area contributed by atoms with Crippen LogP contribution in [0.15, 0.2) is 46.9 Å². The molecular weight excluding hydrogens is 396 g/mol. The number of halogens is 1. The minimum Gasteiger partial charge on any atom is -0.438 e. The number of nitrogens with zero attached hydrogens (tertiary/aromatic N) is 2. The molecule has 2 N–H and O–H groups in total. The average Bonchev–Trinajstić information content (AvgIpc) is 2.69. The van der Waals surface area contributed by atoms with Gasteiger partial charge in [0, 0.05) is 42.4 Å². The van der Waals surface area contributed by atoms with Gasteiger partial charge >= 0.3 is 0 Å². The number of nitrogens with one attached hydrogen (secondary N) is 2. The lowest BCUT2D eigenvalue weighted by Crippen LogP contribution is -2.22. The molecule has 9 heteroatoms. The van der Waals surface area contributed by atoms with Gasteiger partial charge in [0.2, 0.25) is 5.55 Å². The maximum absolute atomic E-state index is 12.7. The second kappa shape index (κ2) is 8.32. The molecule has 1 amide bonds. The van der Waals surface area contributed by atoms with Crippen molar-refractivity contribution >= 4 is 45.5 Å². The van der Waals surface area contributed by atoms with Crippen molar-refractivity contribution in [2.24, 2.45) is 0 Å². The van der Waals surface area contributed by atoms with E-state index in [1.165, 1.54) is 18.2 Å². The Balaban J connectivity index is 1.95. The van der Waals surface area contributed by atoms with Crippen LogP contribution in [0.3, 0.4) is 0 Å². The quantitative estimate of drug-likeness (QED) is 0.453. The summed E-state index contributed by atoms with van der Waals surface area (Å²) in [5, 5.41) is 22.4. The van der Waals surface area contributed by atoms with Crippen molar-refractivity contribution in [1.82, 2.24) is 0 Å². The molecule has 3 rings (SSSR count). The van der Waals surface area contributed by atoms with Gasteiger partial charge in [-0.2, -0.15) is 0 Å². The van der Waals surface area contributed by atoms with Crippen molar-refractivity contribution in [3.05, 3.63) is 68.7 Å². The fraction of sp³-hybridized carbons (Fsp3) is 0.200. The van der Waals surface area contributed by atoms with E-state index in [0.29, 0.717) is 11.0 Å². The highest BCUT2D eigenvalue weighted by atomic mass is 35.5. The molecule has 0 spiro atoms. The third-order valence-corrected chi connectivity index (χ3v) is 4.87. The number of rotatable bonds is 6. The Labute approximate surface area is 171 Å². The van der Waals surface area contributed by atoms with Crippen molar-refractivity contribution in [3.8, 4) is 0 Å². The summed E-state index contributed by atoms with van der Waals surface area (Å²) in [5.41, 5.74) is 1.02. The molecule has 0 atom stereocenters. The predicted octanol–water partition coefficient (Wildman–Crippen LogP) is 4.57. The molecule has 0 aliphatic rings. The molecule has 3 aromatic rings. The van der Waals surface area contributed by atoms with Crippen LogP contribution in [0.25, 0.3) is 11.0 Å². The van der Waals surface area contributed by atoms with Gasteiger partial charge in [0.25, 0.3) is 11.6 Å². The van der Waals surface area contributed by atoms with E-state index in [1.54, 1.807) is 6.07 Å². The van der Waals surface area contributed by atoms with Crippen LogP contribution in [0, 0.1) is 15.5 Å². The summed E-state index contributed by atoms with van der Waals surface area (Å²) in [6.07, 6.45) is 0. The van der Waals surface area contributed by atoms with E-state index < -0.39 is 10.8 Å². The Morgan fingerprint density at radius 2 is 1.93 bits per heavy atom. The summed E-state index contributed by atoms with van der Waals surface area (Å²) >= 11 is 6.03. The highest BCUT2D eigenvalue weighted by molar-refractivity contribution is 6.34. The van der Waals surface area contributed by atoms with E-state index in [9.17, 15) is 14.9 Å². The number of carbonyl (C=O) groups excluding carboxylic acids is 1. The summed E-state index contributed by atoms with van der Waals surface area (Å²) < 4.78 is 5.56. The molecular formula is C20H19ClN4O4. The van der Waals surface area contributed by atoms with Gasteiger partial charge in [-0.15, -0.1) is 0 Å². The van der Waals surface area contributed by atoms with Gasteiger partial charge in [0.15, 0.2) is 0 Å². The molecule has 0 radical (unpaired) electrons. The number of nitro benzene ring substituents is 1. The van der Waals surface area contributed by atoms with Crippen LogP contribution >= 0.6 is 11.6 Å². The Morgan fingerprint density at radius 3 is 2.59 bits per heavy atom. The number of nitro groups is 1. The number of non-ortho nitro benzene ring substituents is 1. The van der Waals surface area contributed by atoms with Gasteiger partial charge in [0.05, 0.1) is 15.6 Å². The molecule has 29 heavy (non-hydrogen) atoms. The van der Waals surface area contributed by atoms with E-state index in [-0.39, 0.29) is 27.5 Å². The molecule has 0 bridgehead atoms. The zero-order chi connectivity index (χ0) is 21.1. The normalized spacial score (nSPS) is 10.7. The van der Waals surface area contributed by atoms with Crippen LogP contribution < -0.4 is 15.8 Å². The molecule has 1 aromatic heterocycles. The van der Waals surface area contributed by atoms with Crippen molar-refractivity contribution in [2.75, 3.05) is 23.3 Å². The third-order valence-electron chi connectivity index (χ3n) is 4.54. The number of amides is 1. The summed E-state index contributed by atoms with van der Waals surface area (Å²) in [5.74, 6) is -0.643. The summed E-state index contributed by atoms with van der Waals surface area (Å²) in [6, 6.07) is 10.9. The monoisotopic (exact) mass is 414 g/mol. The second-order valence-corrected chi connectivity index (χ2v) is 6.67. The number of benzene rings is 2. The first-order valence-corrected chi connectivity index (χ1v) is 9.34. The molecule has 0 saturated heterocycles. The Bertz CT molecular complexity index is 1150. The van der Waals surface area contributed by atoms with Crippen LogP contribution in [-0.4, -0.2) is 23.9 Å². The molecule has 2 aromatic carbocycles. The predicted molar refractivity (Wildman–Crippen MR) is 112 cm³/mol. The second-order valence-electron chi connectivity index (χ2n) is 6.26. The largest absolute Gasteiger partial charge is 0.438 e. The average molecular weight is 415 g/mol. The fourth-order valence-corrected chi connectivity index (χ4v) is 3.15. The minimum atomic E-state index is -0.643. The summed E-state index contributed by atoms with van der Waals surface area (Å²) in [7, 11) is 0. The lowest BCUT2D eigenvalue weighted by molar-refractivity contribution is -0.384. The molecule has 8 nitrogen and oxygen atoms in total. The van der Waals surface area contributed by atoms with Crippen molar-refractivity contribution in [3.63, 3.8) is 0 Å². The van der Waals surface area contributed by atoms with Crippen LogP contribution in [0.4, 0.5) is 17.1 Å². The van der Waals surface area contributed by atoms with Gasteiger partial charge in [-0.3, -0.25) is 20.3 Å². The number of carbonyl (C=O) groups is 1. The molecule has 0 saturated carbocycles. The fourth-order valence-electron chi connectivity index (χ4n) is 2.98. The van der Waals surface area contributed by atoms with E-state index in [4.69, 9.17) is 21.4 Å². The van der Waals surface area contributed by atoms with Crippen LogP contribution in [0.5, 0.6) is 0 Å². The first-order chi connectivity index (χ1) is 13.8. The number of hydrogen-bond donors (Lipinski definition) is 2. The number of hydrogen-bond acceptors (Lipinski definition) is 6. The zero-order valence-corrected chi connectivity index (χ0v) is 16.6. The first-order valence-electron chi connectivity index (χ1n) is 8.96. The minimum absolute atomic E-state index is 0.00402. The van der Waals surface area contributed by atoms with E-state index in [0.717, 1.165) is 18.8 Å². The molecule has 0 aliphatic heterocycles. The molecule has 1 heterocycles. The van der Waals surface area contributed by atoms with E-state index in [1.807, 2.05) is 32.0 Å². The molecule has 0 unspecified atom stereocenters. The van der Waals surface area contributed by atoms with Gasteiger partial charge in [0.1, 0.15) is 11.1 Å². The van der Waals surface area contributed by atoms with Gasteiger partial charge in [-0.05, 0) is 38.1 Å². The Kier molecular flexibility index (Phi) is 5.84. The first kappa shape index (κ1) is 20.3. The van der Waals surface area contributed by atoms with Gasteiger partial charge in [-0.25, -0.2) is 0 Å². The summed E-state index contributed by atoms with van der Waals surface area (Å²) in [4.78, 5) is 25.2. The van der Waals surface area contributed by atoms with Gasteiger partial charge < -0.3 is 14.6 Å². The third kappa shape index (κ3) is 4.22. The maximum Gasteiger partial charge on any atom is 0.271 e. The molecule has 150 valence electrons. The van der Waals surface area contributed by atoms with Crippen molar-refractivity contribution < 1.29 is 14.1 Å². The Morgan fingerprint density at radius 1 is 1.21 bits per heavy atom. The maximum atomic E-state index is 12.7. The Hall–Kier alpha value is -3.39. The highest BCUT2D eigenvalue weighted by Gasteiger charge is 2.16. The van der Waals surface area contributed by atoms with Crippen molar-refractivity contribution in [1.29, 1.82) is 5.41 Å². The van der Waals surface area contributed by atoms with E-state index >= 15 is 0 Å². The standard InChI is InChI=1S/C20H19ClN4O4/c1-3-24(4-2)13-6-5-12-9-15(19(22)29-18(12)11-13)20(26)23-17-10-14(25(27)28)7-8-16(17)21/h5-11,22H,3-4H2,1-2H3,(H,23,26).